The lowest BCUT2D eigenvalue weighted by atomic mass is 10.1. The fourth-order valence-corrected chi connectivity index (χ4v) is 2.43. The Labute approximate surface area is 131 Å². The lowest BCUT2D eigenvalue weighted by molar-refractivity contribution is 0.0698. The number of carboxylic acids is 1. The second kappa shape index (κ2) is 5.65. The molecule has 1 aromatic heterocycles. The van der Waals surface area contributed by atoms with Crippen molar-refractivity contribution in [3.8, 4) is 0 Å². The van der Waals surface area contributed by atoms with E-state index in [2.05, 4.69) is 22.9 Å². The molecule has 0 aliphatic rings. The molecule has 0 amide bonds. The Bertz CT molecular complexity index is 878. The first-order valence-corrected chi connectivity index (χ1v) is 6.87. The van der Waals surface area contributed by atoms with E-state index in [4.69, 9.17) is 0 Å². The van der Waals surface area contributed by atoms with Crippen LogP contribution in [0.25, 0.3) is 10.9 Å². The smallest absolute Gasteiger partial charge is 0.337 e. The molecule has 0 saturated heterocycles. The van der Waals surface area contributed by atoms with Gasteiger partial charge in [0.25, 0.3) is 0 Å². The monoisotopic (exact) mass is 314 g/mol. The highest BCUT2D eigenvalue weighted by molar-refractivity contribution is 7.80. The number of nitrogens with zero attached hydrogens (tertiary/aromatic N) is 1. The third-order valence-corrected chi connectivity index (χ3v) is 3.57. The number of fused-ring (bicyclic) bond motifs is 1. The van der Waals surface area contributed by atoms with Crippen molar-refractivity contribution in [3.05, 3.63) is 60.0 Å². The largest absolute Gasteiger partial charge is 0.478 e. The molecule has 4 nitrogen and oxygen atoms in total. The number of halogens is 1. The number of pyridine rings is 1. The van der Waals surface area contributed by atoms with Crippen LogP contribution < -0.4 is 5.32 Å². The number of anilines is 2. The Morgan fingerprint density at radius 3 is 2.77 bits per heavy atom. The molecule has 1 heterocycles. The molecule has 0 fully saturated rings. The van der Waals surface area contributed by atoms with Crippen LogP contribution in [0, 0.1) is 5.82 Å². The Balaban J connectivity index is 2.17. The maximum absolute atomic E-state index is 13.5. The molecular formula is C16H11FN2O2S. The lowest BCUT2D eigenvalue weighted by Gasteiger charge is -2.14. The Morgan fingerprint density at radius 2 is 2.00 bits per heavy atom. The lowest BCUT2D eigenvalue weighted by Crippen LogP contribution is -2.03. The zero-order valence-electron chi connectivity index (χ0n) is 11.2. The van der Waals surface area contributed by atoms with Crippen molar-refractivity contribution in [2.45, 2.75) is 4.90 Å². The molecule has 3 aromatic rings. The Morgan fingerprint density at radius 1 is 1.23 bits per heavy atom. The van der Waals surface area contributed by atoms with Crippen molar-refractivity contribution in [1.82, 2.24) is 4.98 Å². The van der Waals surface area contributed by atoms with Crippen LogP contribution in [-0.2, 0) is 0 Å². The summed E-state index contributed by atoms with van der Waals surface area (Å²) in [6.45, 7) is 0. The number of carboxylic acid groups (broad SMARTS) is 1. The van der Waals surface area contributed by atoms with Crippen LogP contribution in [0.2, 0.25) is 0 Å². The highest BCUT2D eigenvalue weighted by Gasteiger charge is 2.13. The molecular weight excluding hydrogens is 303 g/mol. The highest BCUT2D eigenvalue weighted by Crippen LogP contribution is 2.32. The van der Waals surface area contributed by atoms with Gasteiger partial charge in [0.2, 0.25) is 0 Å². The van der Waals surface area contributed by atoms with Crippen molar-refractivity contribution in [3.63, 3.8) is 0 Å². The zero-order valence-corrected chi connectivity index (χ0v) is 12.1. The number of para-hydroxylation sites is 1. The minimum Gasteiger partial charge on any atom is -0.478 e. The number of aromatic nitrogens is 1. The zero-order chi connectivity index (χ0) is 15.7. The van der Waals surface area contributed by atoms with E-state index in [1.807, 2.05) is 0 Å². The van der Waals surface area contributed by atoms with Gasteiger partial charge in [-0.15, -0.1) is 12.6 Å². The van der Waals surface area contributed by atoms with E-state index in [1.165, 1.54) is 24.4 Å². The molecule has 0 aliphatic heterocycles. The number of aromatic carboxylic acids is 1. The van der Waals surface area contributed by atoms with Crippen LogP contribution in [0.4, 0.5) is 15.8 Å². The van der Waals surface area contributed by atoms with Crippen molar-refractivity contribution >= 4 is 40.9 Å². The molecule has 3 rings (SSSR count). The van der Waals surface area contributed by atoms with E-state index in [0.29, 0.717) is 27.2 Å². The average Bonchev–Trinajstić information content (AvgIpc) is 2.50. The minimum absolute atomic E-state index is 0.122. The van der Waals surface area contributed by atoms with Gasteiger partial charge in [-0.1, -0.05) is 12.1 Å². The van der Waals surface area contributed by atoms with E-state index < -0.39 is 11.8 Å². The molecule has 0 spiro atoms. The molecule has 0 bridgehead atoms. The highest BCUT2D eigenvalue weighted by atomic mass is 32.1. The number of hydrogen-bond acceptors (Lipinski definition) is 4. The van der Waals surface area contributed by atoms with Gasteiger partial charge >= 0.3 is 5.97 Å². The Hall–Kier alpha value is -2.60. The summed E-state index contributed by atoms with van der Waals surface area (Å²) >= 11 is 4.33. The fourth-order valence-electron chi connectivity index (χ4n) is 2.20. The van der Waals surface area contributed by atoms with Gasteiger partial charge < -0.3 is 10.4 Å². The first kappa shape index (κ1) is 14.3. The molecule has 0 atom stereocenters. The third-order valence-electron chi connectivity index (χ3n) is 3.23. The van der Waals surface area contributed by atoms with Crippen molar-refractivity contribution in [2.75, 3.05) is 5.32 Å². The fraction of sp³-hybridized carbons (Fsp3) is 0. The van der Waals surface area contributed by atoms with Crippen molar-refractivity contribution < 1.29 is 14.3 Å². The molecule has 22 heavy (non-hydrogen) atoms. The van der Waals surface area contributed by atoms with Gasteiger partial charge in [0.05, 0.1) is 22.5 Å². The predicted molar refractivity (Wildman–Crippen MR) is 85.6 cm³/mol. The van der Waals surface area contributed by atoms with Crippen LogP contribution in [0.1, 0.15) is 10.4 Å². The van der Waals surface area contributed by atoms with Crippen molar-refractivity contribution in [2.24, 2.45) is 0 Å². The quantitative estimate of drug-likeness (QED) is 0.637. The number of rotatable bonds is 3. The number of thiol groups is 1. The van der Waals surface area contributed by atoms with E-state index in [1.54, 1.807) is 24.3 Å². The molecule has 2 N–H and O–H groups in total. The molecule has 110 valence electrons. The van der Waals surface area contributed by atoms with Crippen LogP contribution >= 0.6 is 12.6 Å². The summed E-state index contributed by atoms with van der Waals surface area (Å²) in [6.07, 6.45) is 1.54. The number of nitrogens with one attached hydrogen (secondary N) is 1. The van der Waals surface area contributed by atoms with Crippen LogP contribution in [0.3, 0.4) is 0 Å². The number of benzene rings is 2. The number of carbonyl (C=O) groups is 1. The normalized spacial score (nSPS) is 10.6. The van der Waals surface area contributed by atoms with Gasteiger partial charge in [0, 0.05) is 16.5 Å². The second-order valence-electron chi connectivity index (χ2n) is 4.66. The van der Waals surface area contributed by atoms with Crippen molar-refractivity contribution in [1.29, 1.82) is 0 Å². The summed E-state index contributed by atoms with van der Waals surface area (Å²) in [5, 5.41) is 12.8. The average molecular weight is 314 g/mol. The maximum atomic E-state index is 13.5. The first-order chi connectivity index (χ1) is 10.6. The molecule has 0 radical (unpaired) electrons. The molecule has 0 aliphatic carbocycles. The Kier molecular flexibility index (Phi) is 3.68. The van der Waals surface area contributed by atoms with Crippen LogP contribution in [-0.4, -0.2) is 16.1 Å². The number of hydrogen-bond donors (Lipinski definition) is 3. The maximum Gasteiger partial charge on any atom is 0.337 e. The summed E-state index contributed by atoms with van der Waals surface area (Å²) in [6, 6.07) is 10.7. The standard InChI is InChI=1S/C16H11FN2O2S/c17-9-5-6-12-11(7-9)15(14(22)8-18-12)19-13-4-2-1-3-10(13)16(20)21/h1-8,22H,(H,18,19)(H,20,21). The first-order valence-electron chi connectivity index (χ1n) is 6.43. The van der Waals surface area contributed by atoms with Gasteiger partial charge in [-0.3, -0.25) is 4.98 Å². The van der Waals surface area contributed by atoms with Crippen LogP contribution in [0.5, 0.6) is 0 Å². The topological polar surface area (TPSA) is 62.2 Å². The van der Waals surface area contributed by atoms with E-state index in [-0.39, 0.29) is 5.56 Å². The van der Waals surface area contributed by atoms with E-state index >= 15 is 0 Å². The third kappa shape index (κ3) is 2.60. The minimum atomic E-state index is -1.05. The molecule has 2 aromatic carbocycles. The van der Waals surface area contributed by atoms with Gasteiger partial charge in [0.1, 0.15) is 5.82 Å². The second-order valence-corrected chi connectivity index (χ2v) is 5.14. The molecule has 0 saturated carbocycles. The molecule has 6 heteroatoms. The van der Waals surface area contributed by atoms with Gasteiger partial charge in [-0.05, 0) is 30.3 Å². The summed E-state index contributed by atoms with van der Waals surface area (Å²) in [4.78, 5) is 16.0. The molecule has 0 unspecified atom stereocenters. The summed E-state index contributed by atoms with van der Waals surface area (Å²) < 4.78 is 13.5. The SMILES string of the molecule is O=C(O)c1ccccc1Nc1c(S)cnc2ccc(F)cc12. The summed E-state index contributed by atoms with van der Waals surface area (Å²) in [7, 11) is 0. The van der Waals surface area contributed by atoms with Gasteiger partial charge in [0.15, 0.2) is 0 Å². The summed E-state index contributed by atoms with van der Waals surface area (Å²) in [5.74, 6) is -1.45. The van der Waals surface area contributed by atoms with Gasteiger partial charge in [-0.2, -0.15) is 0 Å². The van der Waals surface area contributed by atoms with Crippen LogP contribution in [0.15, 0.2) is 53.6 Å². The van der Waals surface area contributed by atoms with Gasteiger partial charge in [-0.25, -0.2) is 9.18 Å². The van der Waals surface area contributed by atoms with E-state index in [0.717, 1.165) is 0 Å². The predicted octanol–water partition coefficient (Wildman–Crippen LogP) is 4.10. The van der Waals surface area contributed by atoms with E-state index in [9.17, 15) is 14.3 Å². The summed E-state index contributed by atoms with van der Waals surface area (Å²) in [5.41, 5.74) is 1.63.